The number of fused-ring (bicyclic) bond motifs is 1. The van der Waals surface area contributed by atoms with Crippen LogP contribution in [0.4, 0.5) is 0 Å². The van der Waals surface area contributed by atoms with Gasteiger partial charge in [-0.2, -0.15) is 0 Å². The first-order valence-electron chi connectivity index (χ1n) is 5.76. The molecule has 1 aromatic carbocycles. The Labute approximate surface area is 99.5 Å². The second-order valence-electron chi connectivity index (χ2n) is 4.35. The van der Waals surface area contributed by atoms with Crippen LogP contribution in [-0.2, 0) is 11.2 Å². The Morgan fingerprint density at radius 1 is 1.35 bits per heavy atom. The molecule has 0 saturated carbocycles. The summed E-state index contributed by atoms with van der Waals surface area (Å²) in [5.41, 5.74) is 1.83. The quantitative estimate of drug-likeness (QED) is 0.742. The zero-order valence-electron chi connectivity index (χ0n) is 9.69. The largest absolute Gasteiger partial charge is 0.493 e. The van der Waals surface area contributed by atoms with Gasteiger partial charge < -0.3 is 14.2 Å². The number of ether oxygens (including phenoxy) is 3. The van der Waals surface area contributed by atoms with Crippen molar-refractivity contribution < 1.29 is 19.0 Å². The van der Waals surface area contributed by atoms with Crippen molar-refractivity contribution in [1.82, 2.24) is 0 Å². The van der Waals surface area contributed by atoms with E-state index in [0.29, 0.717) is 24.5 Å². The average molecular weight is 234 g/mol. The van der Waals surface area contributed by atoms with Crippen LogP contribution in [0, 0.1) is 0 Å². The van der Waals surface area contributed by atoms with Crippen LogP contribution in [-0.4, -0.2) is 32.2 Å². The second kappa shape index (κ2) is 4.04. The summed E-state index contributed by atoms with van der Waals surface area (Å²) in [6, 6.07) is 3.70. The van der Waals surface area contributed by atoms with Gasteiger partial charge >= 0.3 is 0 Å². The molecule has 0 radical (unpaired) electrons. The molecule has 1 aliphatic carbocycles. The SMILES string of the molecule is COc1cc2c(cc1OCC1CO1)CCC2=O. The van der Waals surface area contributed by atoms with Crippen LogP contribution >= 0.6 is 0 Å². The van der Waals surface area contributed by atoms with E-state index in [1.54, 1.807) is 13.2 Å². The fourth-order valence-corrected chi connectivity index (χ4v) is 2.07. The Morgan fingerprint density at radius 3 is 2.88 bits per heavy atom. The molecule has 0 amide bonds. The molecular formula is C13H14O4. The van der Waals surface area contributed by atoms with Gasteiger partial charge in [-0.3, -0.25) is 4.79 Å². The van der Waals surface area contributed by atoms with Crippen molar-refractivity contribution >= 4 is 5.78 Å². The maximum absolute atomic E-state index is 11.6. The Hall–Kier alpha value is -1.55. The number of hydrogen-bond acceptors (Lipinski definition) is 4. The number of carbonyl (C=O) groups excluding carboxylic acids is 1. The first kappa shape index (κ1) is 10.6. The minimum Gasteiger partial charge on any atom is -0.493 e. The van der Waals surface area contributed by atoms with Gasteiger partial charge in [0.15, 0.2) is 17.3 Å². The minimum atomic E-state index is 0.190. The summed E-state index contributed by atoms with van der Waals surface area (Å²) in [7, 11) is 1.58. The third-order valence-electron chi connectivity index (χ3n) is 3.14. The monoisotopic (exact) mass is 234 g/mol. The van der Waals surface area contributed by atoms with Crippen molar-refractivity contribution in [2.24, 2.45) is 0 Å². The summed E-state index contributed by atoms with van der Waals surface area (Å²) in [6.07, 6.45) is 1.61. The van der Waals surface area contributed by atoms with E-state index in [1.165, 1.54) is 0 Å². The lowest BCUT2D eigenvalue weighted by molar-refractivity contribution is 0.0994. The Morgan fingerprint density at radius 2 is 2.18 bits per heavy atom. The topological polar surface area (TPSA) is 48.1 Å². The van der Waals surface area contributed by atoms with Crippen LogP contribution in [0.5, 0.6) is 11.5 Å². The summed E-state index contributed by atoms with van der Waals surface area (Å²) in [6.45, 7) is 1.31. The highest BCUT2D eigenvalue weighted by Crippen LogP contribution is 2.35. The van der Waals surface area contributed by atoms with Gasteiger partial charge in [0.25, 0.3) is 0 Å². The standard InChI is InChI=1S/C13H14O4/c1-15-12-5-10-8(2-3-11(10)14)4-13(12)17-7-9-6-16-9/h4-5,9H,2-3,6-7H2,1H3. The number of aryl methyl sites for hydroxylation is 1. The maximum Gasteiger partial charge on any atom is 0.163 e. The number of methoxy groups -OCH3 is 1. The van der Waals surface area contributed by atoms with Crippen LogP contribution in [0.3, 0.4) is 0 Å². The zero-order chi connectivity index (χ0) is 11.8. The van der Waals surface area contributed by atoms with Crippen LogP contribution in [0.25, 0.3) is 0 Å². The molecular weight excluding hydrogens is 220 g/mol. The number of benzene rings is 1. The number of Topliss-reactive ketones (excluding diaryl/α,β-unsaturated/α-hetero) is 1. The molecule has 4 nitrogen and oxygen atoms in total. The van der Waals surface area contributed by atoms with E-state index < -0.39 is 0 Å². The van der Waals surface area contributed by atoms with E-state index in [4.69, 9.17) is 14.2 Å². The highest BCUT2D eigenvalue weighted by Gasteiger charge is 2.26. The molecule has 17 heavy (non-hydrogen) atoms. The molecule has 1 aromatic rings. The molecule has 1 aliphatic heterocycles. The normalized spacial score (nSPS) is 21.2. The van der Waals surface area contributed by atoms with E-state index >= 15 is 0 Å². The first-order valence-corrected chi connectivity index (χ1v) is 5.76. The van der Waals surface area contributed by atoms with E-state index in [2.05, 4.69) is 0 Å². The second-order valence-corrected chi connectivity index (χ2v) is 4.35. The van der Waals surface area contributed by atoms with Crippen molar-refractivity contribution in [3.8, 4) is 11.5 Å². The van der Waals surface area contributed by atoms with E-state index in [1.807, 2.05) is 6.07 Å². The van der Waals surface area contributed by atoms with Crippen molar-refractivity contribution in [3.63, 3.8) is 0 Å². The molecule has 1 saturated heterocycles. The van der Waals surface area contributed by atoms with Gasteiger partial charge in [0.05, 0.1) is 13.7 Å². The molecule has 1 atom stereocenters. The zero-order valence-corrected chi connectivity index (χ0v) is 9.69. The van der Waals surface area contributed by atoms with Crippen LogP contribution in [0.15, 0.2) is 12.1 Å². The van der Waals surface area contributed by atoms with Gasteiger partial charge in [-0.1, -0.05) is 0 Å². The molecule has 1 heterocycles. The van der Waals surface area contributed by atoms with Gasteiger partial charge in [0, 0.05) is 12.0 Å². The lowest BCUT2D eigenvalue weighted by Crippen LogP contribution is -2.06. The summed E-state index contributed by atoms with van der Waals surface area (Å²) < 4.78 is 16.0. The molecule has 1 fully saturated rings. The molecule has 0 N–H and O–H groups in total. The smallest absolute Gasteiger partial charge is 0.163 e. The number of epoxide rings is 1. The molecule has 90 valence electrons. The number of carbonyl (C=O) groups is 1. The number of ketones is 1. The lowest BCUT2D eigenvalue weighted by atomic mass is 10.1. The number of rotatable bonds is 4. The Bertz CT molecular complexity index is 463. The summed E-state index contributed by atoms with van der Waals surface area (Å²) in [5.74, 6) is 1.52. The molecule has 1 unspecified atom stereocenters. The molecule has 0 spiro atoms. The summed E-state index contributed by atoms with van der Waals surface area (Å²) >= 11 is 0. The highest BCUT2D eigenvalue weighted by atomic mass is 16.6. The Balaban J connectivity index is 1.88. The predicted molar refractivity (Wildman–Crippen MR) is 60.9 cm³/mol. The van der Waals surface area contributed by atoms with E-state index in [-0.39, 0.29) is 11.9 Å². The van der Waals surface area contributed by atoms with Crippen LogP contribution < -0.4 is 9.47 Å². The van der Waals surface area contributed by atoms with Crippen LogP contribution in [0.2, 0.25) is 0 Å². The highest BCUT2D eigenvalue weighted by molar-refractivity contribution is 6.01. The number of hydrogen-bond donors (Lipinski definition) is 0. The Kier molecular flexibility index (Phi) is 2.52. The van der Waals surface area contributed by atoms with Gasteiger partial charge in [-0.15, -0.1) is 0 Å². The maximum atomic E-state index is 11.6. The molecule has 0 aromatic heterocycles. The van der Waals surface area contributed by atoms with E-state index in [9.17, 15) is 4.79 Å². The van der Waals surface area contributed by atoms with Crippen molar-refractivity contribution in [2.45, 2.75) is 18.9 Å². The molecule has 4 heteroatoms. The van der Waals surface area contributed by atoms with Gasteiger partial charge in [0.2, 0.25) is 0 Å². The van der Waals surface area contributed by atoms with Gasteiger partial charge in [-0.05, 0) is 24.1 Å². The minimum absolute atomic E-state index is 0.190. The molecule has 3 rings (SSSR count). The molecule has 2 aliphatic rings. The summed E-state index contributed by atoms with van der Waals surface area (Å²) in [4.78, 5) is 11.6. The van der Waals surface area contributed by atoms with Crippen molar-refractivity contribution in [2.75, 3.05) is 20.3 Å². The van der Waals surface area contributed by atoms with Crippen molar-refractivity contribution in [3.05, 3.63) is 23.3 Å². The van der Waals surface area contributed by atoms with Crippen molar-refractivity contribution in [1.29, 1.82) is 0 Å². The van der Waals surface area contributed by atoms with Crippen LogP contribution in [0.1, 0.15) is 22.3 Å². The fourth-order valence-electron chi connectivity index (χ4n) is 2.07. The average Bonchev–Trinajstić information content (AvgIpc) is 3.11. The predicted octanol–water partition coefficient (Wildman–Crippen LogP) is 1.60. The lowest BCUT2D eigenvalue weighted by Gasteiger charge is -2.11. The van der Waals surface area contributed by atoms with Gasteiger partial charge in [-0.25, -0.2) is 0 Å². The fraction of sp³-hybridized carbons (Fsp3) is 0.462. The summed E-state index contributed by atoms with van der Waals surface area (Å²) in [5, 5.41) is 0. The van der Waals surface area contributed by atoms with E-state index in [0.717, 1.165) is 24.2 Å². The third-order valence-corrected chi connectivity index (χ3v) is 3.14. The third kappa shape index (κ3) is 2.00. The van der Waals surface area contributed by atoms with Gasteiger partial charge in [0.1, 0.15) is 12.7 Å². The first-order chi connectivity index (χ1) is 8.28. The molecule has 0 bridgehead atoms.